The van der Waals surface area contributed by atoms with Crippen molar-refractivity contribution >= 4 is 38.3 Å². The summed E-state index contributed by atoms with van der Waals surface area (Å²) in [6.45, 7) is 0. The third-order valence-corrected chi connectivity index (χ3v) is 3.93. The van der Waals surface area contributed by atoms with Crippen LogP contribution in [0.15, 0.2) is 44.5 Å². The van der Waals surface area contributed by atoms with Crippen molar-refractivity contribution in [2.45, 2.75) is 0 Å². The normalized spacial score (nSPS) is 12.2. The van der Waals surface area contributed by atoms with Crippen molar-refractivity contribution in [1.29, 1.82) is 0 Å². The maximum absolute atomic E-state index is 12.0. The van der Waals surface area contributed by atoms with Gasteiger partial charge >= 0.3 is 0 Å². The number of hydrogen-bond acceptors (Lipinski definition) is 5. The molecule has 1 aromatic carbocycles. The van der Waals surface area contributed by atoms with Crippen LogP contribution in [0.2, 0.25) is 0 Å². The Balaban J connectivity index is 2.25. The Morgan fingerprint density at radius 3 is 2.68 bits per heavy atom. The van der Waals surface area contributed by atoms with Crippen LogP contribution in [0.1, 0.15) is 5.56 Å². The lowest BCUT2D eigenvalue weighted by Crippen LogP contribution is -2.25. The van der Waals surface area contributed by atoms with Crippen LogP contribution >= 0.6 is 27.3 Å². The SMILES string of the molecule is O=c1cnn2c(=O)/c(=C\c3ccc(Br)cc3)sc2n1. The Bertz CT molecular complexity index is 915. The van der Waals surface area contributed by atoms with Gasteiger partial charge in [-0.3, -0.25) is 9.59 Å². The van der Waals surface area contributed by atoms with Gasteiger partial charge < -0.3 is 0 Å². The minimum absolute atomic E-state index is 0.268. The number of thiazole rings is 1. The number of benzene rings is 1. The molecule has 0 atom stereocenters. The molecule has 0 spiro atoms. The molecule has 19 heavy (non-hydrogen) atoms. The lowest BCUT2D eigenvalue weighted by molar-refractivity contribution is 0.866. The molecule has 94 valence electrons. The quantitative estimate of drug-likeness (QED) is 0.660. The molecule has 0 aliphatic carbocycles. The summed E-state index contributed by atoms with van der Waals surface area (Å²) in [7, 11) is 0. The Labute approximate surface area is 119 Å². The molecule has 0 amide bonds. The molecule has 5 nitrogen and oxygen atoms in total. The van der Waals surface area contributed by atoms with E-state index in [1.54, 1.807) is 6.08 Å². The van der Waals surface area contributed by atoms with E-state index < -0.39 is 5.56 Å². The van der Waals surface area contributed by atoms with Crippen LogP contribution in [0.4, 0.5) is 0 Å². The maximum atomic E-state index is 12.0. The smallest absolute Gasteiger partial charge is 0.266 e. The second-order valence-electron chi connectivity index (χ2n) is 3.76. The summed E-state index contributed by atoms with van der Waals surface area (Å²) in [5, 5.41) is 3.77. The molecule has 7 heteroatoms. The summed E-state index contributed by atoms with van der Waals surface area (Å²) < 4.78 is 2.60. The molecule has 2 heterocycles. The molecule has 0 N–H and O–H groups in total. The van der Waals surface area contributed by atoms with E-state index in [-0.39, 0.29) is 5.56 Å². The minimum atomic E-state index is -0.448. The number of rotatable bonds is 1. The summed E-state index contributed by atoms with van der Waals surface area (Å²) in [5.74, 6) is 0. The number of halogens is 1. The molecular formula is C12H6BrN3O2S. The van der Waals surface area contributed by atoms with Crippen LogP contribution in [0, 0.1) is 0 Å². The lowest BCUT2D eigenvalue weighted by Gasteiger charge is -1.91. The first-order valence-corrected chi connectivity index (χ1v) is 6.90. The van der Waals surface area contributed by atoms with Crippen LogP contribution in [0.25, 0.3) is 11.0 Å². The van der Waals surface area contributed by atoms with Gasteiger partial charge in [0.25, 0.3) is 11.1 Å². The third kappa shape index (κ3) is 2.34. The molecular weight excluding hydrogens is 330 g/mol. The van der Waals surface area contributed by atoms with Crippen molar-refractivity contribution < 1.29 is 0 Å². The van der Waals surface area contributed by atoms with E-state index in [0.717, 1.165) is 32.1 Å². The van der Waals surface area contributed by atoms with Gasteiger partial charge in [0.15, 0.2) is 0 Å². The van der Waals surface area contributed by atoms with Crippen molar-refractivity contribution in [3.05, 3.63) is 65.7 Å². The van der Waals surface area contributed by atoms with Gasteiger partial charge in [-0.15, -0.1) is 0 Å². The molecule has 3 rings (SSSR count). The predicted octanol–water partition coefficient (Wildman–Crippen LogP) is 0.821. The second kappa shape index (κ2) is 4.67. The average molecular weight is 336 g/mol. The Morgan fingerprint density at radius 2 is 1.95 bits per heavy atom. The predicted molar refractivity (Wildman–Crippen MR) is 76.3 cm³/mol. The van der Waals surface area contributed by atoms with E-state index in [4.69, 9.17) is 0 Å². The van der Waals surface area contributed by atoms with E-state index >= 15 is 0 Å². The fourth-order valence-electron chi connectivity index (χ4n) is 1.58. The first kappa shape index (κ1) is 12.2. The van der Waals surface area contributed by atoms with Crippen LogP contribution < -0.4 is 15.7 Å². The topological polar surface area (TPSA) is 64.3 Å². The Morgan fingerprint density at radius 1 is 1.21 bits per heavy atom. The van der Waals surface area contributed by atoms with Crippen LogP contribution in [0.3, 0.4) is 0 Å². The summed E-state index contributed by atoms with van der Waals surface area (Å²) in [4.78, 5) is 27.2. The maximum Gasteiger partial charge on any atom is 0.292 e. The summed E-state index contributed by atoms with van der Waals surface area (Å²) in [6.07, 6.45) is 2.78. The van der Waals surface area contributed by atoms with Crippen molar-refractivity contribution in [2.75, 3.05) is 0 Å². The average Bonchev–Trinajstić information content (AvgIpc) is 2.68. The number of aromatic nitrogens is 3. The van der Waals surface area contributed by atoms with Crippen LogP contribution in [-0.2, 0) is 0 Å². The van der Waals surface area contributed by atoms with Crippen molar-refractivity contribution in [3.63, 3.8) is 0 Å². The minimum Gasteiger partial charge on any atom is -0.266 e. The van der Waals surface area contributed by atoms with Crippen molar-refractivity contribution in [3.8, 4) is 0 Å². The van der Waals surface area contributed by atoms with Gasteiger partial charge in [0, 0.05) is 4.47 Å². The molecule has 0 aliphatic heterocycles. The number of fused-ring (bicyclic) bond motifs is 1. The van der Waals surface area contributed by atoms with Gasteiger partial charge in [0.05, 0.1) is 4.53 Å². The van der Waals surface area contributed by atoms with E-state index in [0.29, 0.717) is 9.49 Å². The molecule has 0 bridgehead atoms. The highest BCUT2D eigenvalue weighted by atomic mass is 79.9. The zero-order valence-corrected chi connectivity index (χ0v) is 11.8. The zero-order valence-electron chi connectivity index (χ0n) is 9.41. The second-order valence-corrected chi connectivity index (χ2v) is 5.68. The van der Waals surface area contributed by atoms with Crippen LogP contribution in [0.5, 0.6) is 0 Å². The highest BCUT2D eigenvalue weighted by molar-refractivity contribution is 9.10. The molecule has 0 saturated carbocycles. The molecule has 3 aromatic rings. The number of hydrogen-bond donors (Lipinski definition) is 0. The Kier molecular flexibility index (Phi) is 3.00. The van der Waals surface area contributed by atoms with Crippen molar-refractivity contribution in [2.24, 2.45) is 0 Å². The fourth-order valence-corrected chi connectivity index (χ4v) is 2.76. The van der Waals surface area contributed by atoms with Gasteiger partial charge in [-0.25, -0.2) is 0 Å². The van der Waals surface area contributed by atoms with E-state index in [1.165, 1.54) is 0 Å². The van der Waals surface area contributed by atoms with Gasteiger partial charge in [-0.05, 0) is 23.8 Å². The number of nitrogens with zero attached hydrogens (tertiary/aromatic N) is 3. The molecule has 2 aromatic heterocycles. The standard InChI is InChI=1S/C12H6BrN3O2S/c13-8-3-1-7(2-4-8)5-9-11(18)16-12(19-9)15-10(17)6-14-16/h1-6H/b9-5+. The molecule has 0 radical (unpaired) electrons. The van der Waals surface area contributed by atoms with Gasteiger partial charge in [-0.2, -0.15) is 14.6 Å². The molecule has 0 fully saturated rings. The summed E-state index contributed by atoms with van der Waals surface area (Å²) >= 11 is 4.50. The van der Waals surface area contributed by atoms with Gasteiger partial charge in [0.2, 0.25) is 4.96 Å². The molecule has 0 saturated heterocycles. The molecule has 0 unspecified atom stereocenters. The fraction of sp³-hybridized carbons (Fsp3) is 0. The van der Waals surface area contributed by atoms with Crippen LogP contribution in [-0.4, -0.2) is 14.6 Å². The largest absolute Gasteiger partial charge is 0.292 e. The summed E-state index contributed by atoms with van der Waals surface area (Å²) in [5.41, 5.74) is 0.182. The van der Waals surface area contributed by atoms with Gasteiger partial charge in [0.1, 0.15) is 6.20 Å². The first-order chi connectivity index (χ1) is 9.13. The van der Waals surface area contributed by atoms with E-state index in [1.807, 2.05) is 24.3 Å². The lowest BCUT2D eigenvalue weighted by atomic mass is 10.2. The summed E-state index contributed by atoms with van der Waals surface area (Å²) in [6, 6.07) is 7.56. The monoisotopic (exact) mass is 335 g/mol. The molecule has 0 aliphatic rings. The first-order valence-electron chi connectivity index (χ1n) is 5.30. The highest BCUT2D eigenvalue weighted by Gasteiger charge is 2.05. The van der Waals surface area contributed by atoms with E-state index in [2.05, 4.69) is 26.0 Å². The zero-order chi connectivity index (χ0) is 13.4. The van der Waals surface area contributed by atoms with Gasteiger partial charge in [-0.1, -0.05) is 39.4 Å². The van der Waals surface area contributed by atoms with Crippen molar-refractivity contribution in [1.82, 2.24) is 14.6 Å². The highest BCUT2D eigenvalue weighted by Crippen LogP contribution is 2.10. The Hall–Kier alpha value is -1.86. The third-order valence-electron chi connectivity index (χ3n) is 2.44. The van der Waals surface area contributed by atoms with E-state index in [9.17, 15) is 9.59 Å².